The van der Waals surface area contributed by atoms with Gasteiger partial charge in [0.05, 0.1) is 19.2 Å². The Hall–Kier alpha value is -2.18. The molecule has 1 aliphatic rings. The number of carbonyl (C=O) groups excluding carboxylic acids is 1. The number of nitrogens with zero attached hydrogens (tertiary/aromatic N) is 3. The van der Waals surface area contributed by atoms with Gasteiger partial charge in [0.15, 0.2) is 0 Å². The first-order valence-corrected chi connectivity index (χ1v) is 8.83. The van der Waals surface area contributed by atoms with E-state index in [0.717, 1.165) is 30.6 Å². The lowest BCUT2D eigenvalue weighted by Gasteiger charge is -2.17. The van der Waals surface area contributed by atoms with Crippen LogP contribution in [-0.2, 0) is 17.9 Å². The molecule has 0 bridgehead atoms. The first kappa shape index (κ1) is 17.6. The molecule has 0 radical (unpaired) electrons. The third kappa shape index (κ3) is 4.90. The Morgan fingerprint density at radius 3 is 2.84 bits per heavy atom. The molecule has 6 heteroatoms. The van der Waals surface area contributed by atoms with Gasteiger partial charge >= 0.3 is 0 Å². The Labute approximate surface area is 148 Å². The van der Waals surface area contributed by atoms with Crippen LogP contribution in [0.25, 0.3) is 0 Å². The quantitative estimate of drug-likeness (QED) is 0.794. The highest BCUT2D eigenvalue weighted by atomic mass is 16.3. The van der Waals surface area contributed by atoms with Crippen molar-refractivity contribution in [2.45, 2.75) is 32.5 Å². The summed E-state index contributed by atoms with van der Waals surface area (Å²) in [4.78, 5) is 14.4. The first-order valence-electron chi connectivity index (χ1n) is 8.83. The molecule has 6 nitrogen and oxygen atoms in total. The molecule has 1 fully saturated rings. The fourth-order valence-corrected chi connectivity index (χ4v) is 3.31. The maximum atomic E-state index is 12.2. The number of aliphatic hydroxyl groups is 1. The van der Waals surface area contributed by atoms with Gasteiger partial charge in [-0.2, -0.15) is 5.10 Å². The van der Waals surface area contributed by atoms with Crippen LogP contribution in [0.4, 0.5) is 0 Å². The topological polar surface area (TPSA) is 70.4 Å². The van der Waals surface area contributed by atoms with E-state index in [1.165, 1.54) is 0 Å². The predicted molar refractivity (Wildman–Crippen MR) is 95.8 cm³/mol. The molecule has 2 aromatic rings. The summed E-state index contributed by atoms with van der Waals surface area (Å²) in [5.41, 5.74) is 2.26. The molecule has 1 aromatic carbocycles. The van der Waals surface area contributed by atoms with Crippen molar-refractivity contribution in [3.63, 3.8) is 0 Å². The zero-order valence-corrected chi connectivity index (χ0v) is 14.6. The van der Waals surface area contributed by atoms with Crippen LogP contribution in [0.3, 0.4) is 0 Å². The van der Waals surface area contributed by atoms with E-state index >= 15 is 0 Å². The highest BCUT2D eigenvalue weighted by Crippen LogP contribution is 2.19. The number of likely N-dealkylation sites (tertiary alicyclic amines) is 1. The Morgan fingerprint density at radius 2 is 2.16 bits per heavy atom. The molecule has 1 aliphatic heterocycles. The van der Waals surface area contributed by atoms with Crippen molar-refractivity contribution in [3.05, 3.63) is 53.9 Å². The van der Waals surface area contributed by atoms with Gasteiger partial charge in [-0.25, -0.2) is 0 Å². The summed E-state index contributed by atoms with van der Waals surface area (Å²) in [7, 11) is 0. The lowest BCUT2D eigenvalue weighted by molar-refractivity contribution is -0.122. The Kier molecular flexibility index (Phi) is 5.83. The molecule has 0 saturated carbocycles. The van der Waals surface area contributed by atoms with Crippen LogP contribution in [0.2, 0.25) is 0 Å². The number of benzene rings is 1. The summed E-state index contributed by atoms with van der Waals surface area (Å²) >= 11 is 0. The highest BCUT2D eigenvalue weighted by Gasteiger charge is 2.26. The van der Waals surface area contributed by atoms with E-state index in [9.17, 15) is 9.90 Å². The van der Waals surface area contributed by atoms with E-state index in [0.29, 0.717) is 19.6 Å². The van der Waals surface area contributed by atoms with Gasteiger partial charge < -0.3 is 10.4 Å². The number of aliphatic hydroxyl groups excluding tert-OH is 1. The minimum atomic E-state index is -0.303. The SMILES string of the molecule is CC(O)C1CCN(CC(=O)NCc2ccccc2Cn2cccn2)C1. The zero-order chi connectivity index (χ0) is 17.6. The monoisotopic (exact) mass is 342 g/mol. The second-order valence-corrected chi connectivity index (χ2v) is 6.77. The lowest BCUT2D eigenvalue weighted by Crippen LogP contribution is -2.36. The van der Waals surface area contributed by atoms with Crippen LogP contribution >= 0.6 is 0 Å². The summed E-state index contributed by atoms with van der Waals surface area (Å²) in [5.74, 6) is 0.308. The van der Waals surface area contributed by atoms with E-state index in [2.05, 4.69) is 21.4 Å². The van der Waals surface area contributed by atoms with Gasteiger partial charge in [-0.05, 0) is 43.0 Å². The minimum Gasteiger partial charge on any atom is -0.393 e. The molecule has 1 saturated heterocycles. The molecule has 0 aliphatic carbocycles. The smallest absolute Gasteiger partial charge is 0.234 e. The minimum absolute atomic E-state index is 0.0279. The Balaban J connectivity index is 1.51. The van der Waals surface area contributed by atoms with E-state index in [1.54, 1.807) is 6.20 Å². The third-order valence-electron chi connectivity index (χ3n) is 4.84. The second kappa shape index (κ2) is 8.27. The predicted octanol–water partition coefficient (Wildman–Crippen LogP) is 1.25. The maximum Gasteiger partial charge on any atom is 0.234 e. The van der Waals surface area contributed by atoms with Gasteiger partial charge in [-0.3, -0.25) is 14.4 Å². The molecule has 2 unspecified atom stereocenters. The van der Waals surface area contributed by atoms with E-state index in [4.69, 9.17) is 0 Å². The summed E-state index contributed by atoms with van der Waals surface area (Å²) in [6.45, 7) is 5.10. The lowest BCUT2D eigenvalue weighted by atomic mass is 10.0. The van der Waals surface area contributed by atoms with Crippen molar-refractivity contribution >= 4 is 5.91 Å². The second-order valence-electron chi connectivity index (χ2n) is 6.77. The number of hydrogen-bond acceptors (Lipinski definition) is 4. The van der Waals surface area contributed by atoms with Crippen molar-refractivity contribution in [2.24, 2.45) is 5.92 Å². The van der Waals surface area contributed by atoms with Crippen molar-refractivity contribution in [2.75, 3.05) is 19.6 Å². The van der Waals surface area contributed by atoms with Gasteiger partial charge in [-0.15, -0.1) is 0 Å². The molecule has 134 valence electrons. The largest absolute Gasteiger partial charge is 0.393 e. The molecular formula is C19H26N4O2. The summed E-state index contributed by atoms with van der Waals surface area (Å²) < 4.78 is 1.88. The third-order valence-corrected chi connectivity index (χ3v) is 4.84. The molecule has 25 heavy (non-hydrogen) atoms. The number of amides is 1. The van der Waals surface area contributed by atoms with Crippen molar-refractivity contribution in [1.29, 1.82) is 0 Å². The van der Waals surface area contributed by atoms with Crippen LogP contribution in [0.1, 0.15) is 24.5 Å². The molecule has 2 N–H and O–H groups in total. The number of carbonyl (C=O) groups is 1. The molecular weight excluding hydrogens is 316 g/mol. The first-order chi connectivity index (χ1) is 12.1. The summed E-state index contributed by atoms with van der Waals surface area (Å²) in [6, 6.07) is 10.0. The van der Waals surface area contributed by atoms with Crippen molar-refractivity contribution in [1.82, 2.24) is 20.0 Å². The number of hydrogen-bond donors (Lipinski definition) is 2. The standard InChI is InChI=1S/C19H26N4O2/c1-15(24)17-7-10-22(12-17)14-19(25)20-11-16-5-2-3-6-18(16)13-23-9-4-8-21-23/h2-6,8-9,15,17,24H,7,10-14H2,1H3,(H,20,25). The van der Waals surface area contributed by atoms with E-state index < -0.39 is 0 Å². The van der Waals surface area contributed by atoms with Gasteiger partial charge in [-0.1, -0.05) is 24.3 Å². The number of aromatic nitrogens is 2. The molecule has 3 rings (SSSR count). The van der Waals surface area contributed by atoms with Crippen molar-refractivity contribution in [3.8, 4) is 0 Å². The molecule has 2 heterocycles. The van der Waals surface area contributed by atoms with E-state index in [-0.39, 0.29) is 17.9 Å². The van der Waals surface area contributed by atoms with Gasteiger partial charge in [0.2, 0.25) is 5.91 Å². The van der Waals surface area contributed by atoms with Crippen LogP contribution in [0.5, 0.6) is 0 Å². The Bertz CT molecular complexity index is 684. The van der Waals surface area contributed by atoms with Crippen molar-refractivity contribution < 1.29 is 9.90 Å². The highest BCUT2D eigenvalue weighted by molar-refractivity contribution is 5.78. The zero-order valence-electron chi connectivity index (χ0n) is 14.6. The Morgan fingerprint density at radius 1 is 1.36 bits per heavy atom. The van der Waals surface area contributed by atoms with Gasteiger partial charge in [0.25, 0.3) is 0 Å². The van der Waals surface area contributed by atoms with Gasteiger partial charge in [0.1, 0.15) is 0 Å². The van der Waals surface area contributed by atoms with E-state index in [1.807, 2.05) is 42.1 Å². The number of rotatable bonds is 7. The summed E-state index contributed by atoms with van der Waals surface area (Å²) in [5, 5.41) is 16.9. The molecule has 1 amide bonds. The fraction of sp³-hybridized carbons (Fsp3) is 0.474. The fourth-order valence-electron chi connectivity index (χ4n) is 3.31. The van der Waals surface area contributed by atoms with Crippen LogP contribution in [0, 0.1) is 5.92 Å². The average Bonchev–Trinajstić information content (AvgIpc) is 3.26. The molecule has 0 spiro atoms. The molecule has 1 aromatic heterocycles. The molecule has 2 atom stereocenters. The number of nitrogens with one attached hydrogen (secondary N) is 1. The normalized spacial score (nSPS) is 19.0. The van der Waals surface area contributed by atoms with Crippen LogP contribution < -0.4 is 5.32 Å². The average molecular weight is 342 g/mol. The van der Waals surface area contributed by atoms with Crippen LogP contribution in [0.15, 0.2) is 42.7 Å². The maximum absolute atomic E-state index is 12.2. The summed E-state index contributed by atoms with van der Waals surface area (Å²) in [6.07, 6.45) is 4.35. The van der Waals surface area contributed by atoms with Crippen LogP contribution in [-0.4, -0.2) is 51.4 Å². The van der Waals surface area contributed by atoms with Gasteiger partial charge in [0, 0.05) is 25.5 Å².